The lowest BCUT2D eigenvalue weighted by atomic mass is 9.92. The summed E-state index contributed by atoms with van der Waals surface area (Å²) in [5, 5.41) is 11.3. The number of carboxylic acid groups (broad SMARTS) is 1. The summed E-state index contributed by atoms with van der Waals surface area (Å²) in [6, 6.07) is 2.88. The number of aromatic carboxylic acids is 1. The lowest BCUT2D eigenvalue weighted by Gasteiger charge is -2.17. The summed E-state index contributed by atoms with van der Waals surface area (Å²) >= 11 is 0. The Balaban J connectivity index is 2.64. The molecule has 5 heteroatoms. The Labute approximate surface area is 99.9 Å². The van der Waals surface area contributed by atoms with Gasteiger partial charge in [0.1, 0.15) is 5.69 Å². The van der Waals surface area contributed by atoms with Crippen molar-refractivity contribution in [2.24, 2.45) is 5.41 Å². The highest BCUT2D eigenvalue weighted by atomic mass is 16.4. The molecule has 0 fully saturated rings. The molecule has 0 aliphatic rings. The number of pyridine rings is 1. The van der Waals surface area contributed by atoms with E-state index in [0.717, 1.165) is 0 Å². The molecule has 0 spiro atoms. The number of nitrogens with one attached hydrogen (secondary N) is 1. The van der Waals surface area contributed by atoms with Gasteiger partial charge in [0.05, 0.1) is 11.9 Å². The van der Waals surface area contributed by atoms with Crippen molar-refractivity contribution in [3.8, 4) is 0 Å². The molecule has 92 valence electrons. The lowest BCUT2D eigenvalue weighted by molar-refractivity contribution is -0.117. The minimum Gasteiger partial charge on any atom is -0.477 e. The number of nitrogens with zero attached hydrogens (tertiary/aromatic N) is 1. The number of carbonyl (C=O) groups is 2. The third-order valence-electron chi connectivity index (χ3n) is 1.96. The minimum absolute atomic E-state index is 0.0428. The molecule has 0 aliphatic heterocycles. The molecule has 5 nitrogen and oxygen atoms in total. The fraction of sp³-hybridized carbons (Fsp3) is 0.417. The van der Waals surface area contributed by atoms with E-state index in [1.165, 1.54) is 18.3 Å². The summed E-state index contributed by atoms with van der Waals surface area (Å²) in [7, 11) is 0. The molecular formula is C12H16N2O3. The van der Waals surface area contributed by atoms with E-state index >= 15 is 0 Å². The topological polar surface area (TPSA) is 79.3 Å². The van der Waals surface area contributed by atoms with Crippen LogP contribution in [0.1, 0.15) is 37.7 Å². The first-order valence-corrected chi connectivity index (χ1v) is 5.27. The number of carboxylic acids is 1. The zero-order chi connectivity index (χ0) is 13.1. The van der Waals surface area contributed by atoms with Gasteiger partial charge >= 0.3 is 5.97 Å². The van der Waals surface area contributed by atoms with Crippen molar-refractivity contribution in [1.82, 2.24) is 4.98 Å². The number of amides is 1. The van der Waals surface area contributed by atoms with Crippen LogP contribution in [0, 0.1) is 5.41 Å². The van der Waals surface area contributed by atoms with Gasteiger partial charge in [0.15, 0.2) is 0 Å². The van der Waals surface area contributed by atoms with E-state index in [0.29, 0.717) is 12.1 Å². The molecule has 1 rings (SSSR count). The Kier molecular flexibility index (Phi) is 3.83. The summed E-state index contributed by atoms with van der Waals surface area (Å²) in [6.07, 6.45) is 1.73. The van der Waals surface area contributed by atoms with E-state index in [4.69, 9.17) is 5.11 Å². The predicted molar refractivity (Wildman–Crippen MR) is 63.9 cm³/mol. The number of aromatic nitrogens is 1. The van der Waals surface area contributed by atoms with E-state index in [9.17, 15) is 9.59 Å². The molecule has 0 atom stereocenters. The zero-order valence-corrected chi connectivity index (χ0v) is 10.2. The molecule has 17 heavy (non-hydrogen) atoms. The zero-order valence-electron chi connectivity index (χ0n) is 10.2. The number of carbonyl (C=O) groups excluding carboxylic acids is 1. The van der Waals surface area contributed by atoms with Crippen LogP contribution in [0.3, 0.4) is 0 Å². The fourth-order valence-corrected chi connectivity index (χ4v) is 1.28. The van der Waals surface area contributed by atoms with Gasteiger partial charge in [-0.3, -0.25) is 4.79 Å². The van der Waals surface area contributed by atoms with Gasteiger partial charge in [-0.15, -0.1) is 0 Å². The Morgan fingerprint density at radius 2 is 2.00 bits per heavy atom. The molecule has 0 aliphatic carbocycles. The molecule has 0 bridgehead atoms. The molecule has 2 N–H and O–H groups in total. The maximum atomic E-state index is 11.6. The average Bonchev–Trinajstić information content (AvgIpc) is 2.15. The highest BCUT2D eigenvalue weighted by Crippen LogP contribution is 2.19. The third-order valence-corrected chi connectivity index (χ3v) is 1.96. The molecule has 0 radical (unpaired) electrons. The molecule has 1 aromatic rings. The second-order valence-corrected chi connectivity index (χ2v) is 5.02. The molecule has 0 unspecified atom stereocenters. The van der Waals surface area contributed by atoms with Crippen molar-refractivity contribution in [1.29, 1.82) is 0 Å². The summed E-state index contributed by atoms with van der Waals surface area (Å²) in [5.41, 5.74) is 0.376. The minimum atomic E-state index is -1.09. The molecule has 1 heterocycles. The monoisotopic (exact) mass is 236 g/mol. The largest absolute Gasteiger partial charge is 0.477 e. The average molecular weight is 236 g/mol. The van der Waals surface area contributed by atoms with Crippen LogP contribution in [0.5, 0.6) is 0 Å². The third kappa shape index (κ3) is 4.63. The van der Waals surface area contributed by atoms with Crippen molar-refractivity contribution in [3.05, 3.63) is 24.0 Å². The van der Waals surface area contributed by atoms with Gasteiger partial charge in [0.2, 0.25) is 5.91 Å². The summed E-state index contributed by atoms with van der Waals surface area (Å²) in [6.45, 7) is 5.91. The van der Waals surface area contributed by atoms with Gasteiger partial charge in [-0.25, -0.2) is 9.78 Å². The van der Waals surface area contributed by atoms with E-state index in [2.05, 4.69) is 10.3 Å². The van der Waals surface area contributed by atoms with E-state index in [1.54, 1.807) is 0 Å². The Morgan fingerprint density at radius 1 is 1.35 bits per heavy atom. The maximum Gasteiger partial charge on any atom is 0.354 e. The van der Waals surface area contributed by atoms with E-state index in [1.807, 2.05) is 20.8 Å². The normalized spacial score (nSPS) is 11.0. The fourth-order valence-electron chi connectivity index (χ4n) is 1.28. The van der Waals surface area contributed by atoms with Gasteiger partial charge in [-0.1, -0.05) is 20.8 Å². The second kappa shape index (κ2) is 4.95. The van der Waals surface area contributed by atoms with Crippen LogP contribution in [-0.4, -0.2) is 22.0 Å². The summed E-state index contributed by atoms with van der Waals surface area (Å²) in [5.74, 6) is -1.19. The molecular weight excluding hydrogens is 220 g/mol. The standard InChI is InChI=1S/C12H16N2O3/c1-12(2,3)6-10(15)14-8-4-5-9(11(16)17)13-7-8/h4-5,7H,6H2,1-3H3,(H,14,15)(H,16,17). The first kappa shape index (κ1) is 13.2. The Bertz CT molecular complexity index is 418. The Hall–Kier alpha value is -1.91. The van der Waals surface area contributed by atoms with Crippen molar-refractivity contribution < 1.29 is 14.7 Å². The summed E-state index contributed by atoms with van der Waals surface area (Å²) < 4.78 is 0. The molecule has 0 saturated heterocycles. The number of anilines is 1. The van der Waals surface area contributed by atoms with Crippen molar-refractivity contribution in [2.45, 2.75) is 27.2 Å². The first-order valence-electron chi connectivity index (χ1n) is 5.27. The molecule has 1 amide bonds. The number of hydrogen-bond acceptors (Lipinski definition) is 3. The highest BCUT2D eigenvalue weighted by Gasteiger charge is 2.16. The van der Waals surface area contributed by atoms with Gasteiger partial charge in [0.25, 0.3) is 0 Å². The van der Waals surface area contributed by atoms with Gasteiger partial charge in [0, 0.05) is 6.42 Å². The van der Waals surface area contributed by atoms with Crippen LogP contribution >= 0.6 is 0 Å². The van der Waals surface area contributed by atoms with Gasteiger partial charge < -0.3 is 10.4 Å². The second-order valence-electron chi connectivity index (χ2n) is 5.02. The van der Waals surface area contributed by atoms with Crippen LogP contribution in [0.25, 0.3) is 0 Å². The van der Waals surface area contributed by atoms with Crippen LogP contribution < -0.4 is 5.32 Å². The summed E-state index contributed by atoms with van der Waals surface area (Å²) in [4.78, 5) is 25.9. The lowest BCUT2D eigenvalue weighted by Crippen LogP contribution is -2.19. The van der Waals surface area contributed by atoms with Crippen LogP contribution in [0.15, 0.2) is 18.3 Å². The van der Waals surface area contributed by atoms with Crippen molar-refractivity contribution >= 4 is 17.6 Å². The van der Waals surface area contributed by atoms with Crippen molar-refractivity contribution in [3.63, 3.8) is 0 Å². The quantitative estimate of drug-likeness (QED) is 0.842. The van der Waals surface area contributed by atoms with Crippen LogP contribution in [0.4, 0.5) is 5.69 Å². The van der Waals surface area contributed by atoms with Gasteiger partial charge in [-0.2, -0.15) is 0 Å². The smallest absolute Gasteiger partial charge is 0.354 e. The van der Waals surface area contributed by atoms with E-state index in [-0.39, 0.29) is 17.0 Å². The van der Waals surface area contributed by atoms with Crippen LogP contribution in [-0.2, 0) is 4.79 Å². The first-order chi connectivity index (χ1) is 7.78. The predicted octanol–water partition coefficient (Wildman–Crippen LogP) is 2.15. The number of rotatable bonds is 3. The van der Waals surface area contributed by atoms with Gasteiger partial charge in [-0.05, 0) is 17.5 Å². The SMILES string of the molecule is CC(C)(C)CC(=O)Nc1ccc(C(=O)O)nc1. The highest BCUT2D eigenvalue weighted by molar-refractivity contribution is 5.91. The maximum absolute atomic E-state index is 11.6. The number of hydrogen-bond donors (Lipinski definition) is 2. The van der Waals surface area contributed by atoms with Crippen LogP contribution in [0.2, 0.25) is 0 Å². The Morgan fingerprint density at radius 3 is 2.41 bits per heavy atom. The van der Waals surface area contributed by atoms with E-state index < -0.39 is 5.97 Å². The molecule has 1 aromatic heterocycles. The molecule has 0 saturated carbocycles. The van der Waals surface area contributed by atoms with Crippen molar-refractivity contribution in [2.75, 3.05) is 5.32 Å². The molecule has 0 aromatic carbocycles.